The smallest absolute Gasteiger partial charge is 0.215 e. The Bertz CT molecular complexity index is 580. The van der Waals surface area contributed by atoms with E-state index in [4.69, 9.17) is 20.8 Å². The van der Waals surface area contributed by atoms with Gasteiger partial charge in [0.1, 0.15) is 6.17 Å². The second-order valence-corrected chi connectivity index (χ2v) is 13.0. The molecule has 0 amide bonds. The lowest BCUT2D eigenvalue weighted by atomic mass is 10.1. The quantitative estimate of drug-likeness (QED) is 0.716. The van der Waals surface area contributed by atoms with E-state index in [2.05, 4.69) is 38.8 Å². The van der Waals surface area contributed by atoms with Gasteiger partial charge in [-0.05, 0) is 24.6 Å². The van der Waals surface area contributed by atoms with E-state index in [-0.39, 0.29) is 17.7 Å². The van der Waals surface area contributed by atoms with Gasteiger partial charge in [-0.25, -0.2) is 9.37 Å². The maximum absolute atomic E-state index is 14.8. The van der Waals surface area contributed by atoms with Crippen molar-refractivity contribution in [3.63, 3.8) is 0 Å². The number of aromatic nitrogens is 1. The maximum atomic E-state index is 14.8. The topological polar surface area (TPSA) is 34.6 Å². The van der Waals surface area contributed by atoms with Crippen molar-refractivity contribution in [2.24, 2.45) is 0 Å². The lowest BCUT2D eigenvalue weighted by molar-refractivity contribution is 0.0701. The highest BCUT2D eigenvalue weighted by atomic mass is 35.5. The van der Waals surface area contributed by atoms with Crippen LogP contribution in [0.15, 0.2) is 12.3 Å². The Morgan fingerprint density at radius 3 is 2.58 bits per heavy atom. The van der Waals surface area contributed by atoms with Gasteiger partial charge in [-0.15, -0.1) is 0 Å². The summed E-state index contributed by atoms with van der Waals surface area (Å²) < 4.78 is 26.2. The van der Waals surface area contributed by atoms with E-state index >= 15 is 0 Å². The molecule has 0 radical (unpaired) electrons. The third-order valence-corrected chi connectivity index (χ3v) is 9.89. The summed E-state index contributed by atoms with van der Waals surface area (Å²) in [5.41, 5.74) is 0.761. The van der Waals surface area contributed by atoms with E-state index < -0.39 is 14.5 Å². The molecule has 1 aliphatic heterocycles. The van der Waals surface area contributed by atoms with Gasteiger partial charge in [0.2, 0.25) is 5.88 Å². The van der Waals surface area contributed by atoms with E-state index in [9.17, 15) is 4.39 Å². The minimum absolute atomic E-state index is 0.0750. The number of piperidine rings is 1. The van der Waals surface area contributed by atoms with E-state index in [1.807, 2.05) is 4.90 Å². The molecule has 136 valence electrons. The first-order valence-electron chi connectivity index (χ1n) is 8.31. The molecule has 1 aromatic rings. The molecule has 0 bridgehead atoms. The van der Waals surface area contributed by atoms with Gasteiger partial charge in [-0.2, -0.15) is 0 Å². The van der Waals surface area contributed by atoms with E-state index in [0.29, 0.717) is 23.9 Å². The first-order chi connectivity index (χ1) is 11.0. The summed E-state index contributed by atoms with van der Waals surface area (Å²) in [5.74, 6) is 0.476. The molecule has 4 nitrogen and oxygen atoms in total. The molecule has 24 heavy (non-hydrogen) atoms. The van der Waals surface area contributed by atoms with Crippen molar-refractivity contribution >= 4 is 25.6 Å². The molecule has 7 heteroatoms. The fraction of sp³-hybridized carbons (Fsp3) is 0.706. The standard InChI is InChI=1S/C17H28ClFN2O2Si/c1-17(2,3)24(5,6)23-15-7-8-21(11-13(15)19)14-9-16(22-4)20-10-12(14)18/h9-10,13,15H,7-8,11H2,1-6H3. The molecule has 0 saturated carbocycles. The van der Waals surface area contributed by atoms with Crippen LogP contribution in [-0.2, 0) is 4.43 Å². The number of methoxy groups -OCH3 is 1. The summed E-state index contributed by atoms with van der Waals surface area (Å²) in [4.78, 5) is 6.02. The van der Waals surface area contributed by atoms with Gasteiger partial charge < -0.3 is 14.1 Å². The highest BCUT2D eigenvalue weighted by Crippen LogP contribution is 2.39. The van der Waals surface area contributed by atoms with Crippen molar-refractivity contribution in [2.45, 2.75) is 57.6 Å². The zero-order valence-electron chi connectivity index (χ0n) is 15.4. The summed E-state index contributed by atoms with van der Waals surface area (Å²) in [6.45, 7) is 11.8. The third kappa shape index (κ3) is 4.21. The number of hydrogen-bond acceptors (Lipinski definition) is 4. The Kier molecular flexibility index (Phi) is 5.82. The molecule has 0 N–H and O–H groups in total. The normalized spacial score (nSPS) is 22.6. The molecule has 0 spiro atoms. The molecule has 2 rings (SSSR count). The van der Waals surface area contributed by atoms with Crippen molar-refractivity contribution in [3.05, 3.63) is 17.3 Å². The van der Waals surface area contributed by atoms with Gasteiger partial charge in [-0.1, -0.05) is 32.4 Å². The average molecular weight is 375 g/mol. The number of rotatable bonds is 4. The minimum Gasteiger partial charge on any atom is -0.481 e. The second kappa shape index (κ2) is 7.18. The lowest BCUT2D eigenvalue weighted by Crippen LogP contribution is -2.52. The van der Waals surface area contributed by atoms with Crippen LogP contribution < -0.4 is 9.64 Å². The Hall–Kier alpha value is -0.853. The van der Waals surface area contributed by atoms with Crippen LogP contribution in [-0.4, -0.2) is 45.8 Å². The number of nitrogens with zero attached hydrogens (tertiary/aromatic N) is 2. The summed E-state index contributed by atoms with van der Waals surface area (Å²) in [5, 5.41) is 0.581. The molecule has 2 heterocycles. The highest BCUT2D eigenvalue weighted by molar-refractivity contribution is 6.74. The molecule has 0 aliphatic carbocycles. The number of anilines is 1. The molecule has 2 unspecified atom stereocenters. The minimum atomic E-state index is -1.98. The summed E-state index contributed by atoms with van der Waals surface area (Å²) in [6.07, 6.45) is 0.809. The van der Waals surface area contributed by atoms with Gasteiger partial charge in [0.15, 0.2) is 8.32 Å². The van der Waals surface area contributed by atoms with Crippen molar-refractivity contribution in [3.8, 4) is 5.88 Å². The maximum Gasteiger partial charge on any atom is 0.215 e. The molecular formula is C17H28ClFN2O2Si. The average Bonchev–Trinajstić information content (AvgIpc) is 2.48. The highest BCUT2D eigenvalue weighted by Gasteiger charge is 2.42. The van der Waals surface area contributed by atoms with Crippen molar-refractivity contribution in [1.29, 1.82) is 0 Å². The van der Waals surface area contributed by atoms with Crippen LogP contribution in [0.2, 0.25) is 23.2 Å². The summed E-state index contributed by atoms with van der Waals surface area (Å²) >= 11 is 6.23. The van der Waals surface area contributed by atoms with E-state index in [1.165, 1.54) is 0 Å². The number of ether oxygens (including phenoxy) is 1. The third-order valence-electron chi connectivity index (χ3n) is 5.09. The Morgan fingerprint density at radius 2 is 2.04 bits per heavy atom. The van der Waals surface area contributed by atoms with Gasteiger partial charge >= 0.3 is 0 Å². The van der Waals surface area contributed by atoms with Gasteiger partial charge in [0.25, 0.3) is 0 Å². The van der Waals surface area contributed by atoms with Crippen molar-refractivity contribution in [1.82, 2.24) is 4.98 Å². The first-order valence-corrected chi connectivity index (χ1v) is 11.6. The monoisotopic (exact) mass is 374 g/mol. The Balaban J connectivity index is 2.08. The van der Waals surface area contributed by atoms with Crippen LogP contribution in [0.25, 0.3) is 0 Å². The Morgan fingerprint density at radius 1 is 1.38 bits per heavy atom. The van der Waals surface area contributed by atoms with Crippen LogP contribution in [0, 0.1) is 0 Å². The van der Waals surface area contributed by atoms with Gasteiger partial charge in [0.05, 0.1) is 36.7 Å². The largest absolute Gasteiger partial charge is 0.481 e. The van der Waals surface area contributed by atoms with Crippen LogP contribution in [0.4, 0.5) is 10.1 Å². The first kappa shape index (κ1) is 19.5. The number of pyridine rings is 1. The molecule has 2 atom stereocenters. The molecule has 1 saturated heterocycles. The van der Waals surface area contributed by atoms with Gasteiger partial charge in [0, 0.05) is 12.6 Å². The molecule has 1 fully saturated rings. The van der Waals surface area contributed by atoms with Crippen LogP contribution >= 0.6 is 11.6 Å². The molecule has 1 aliphatic rings. The van der Waals surface area contributed by atoms with Crippen molar-refractivity contribution in [2.75, 3.05) is 25.1 Å². The van der Waals surface area contributed by atoms with Crippen molar-refractivity contribution < 1.29 is 13.6 Å². The Labute approximate surface area is 150 Å². The van der Waals surface area contributed by atoms with Crippen LogP contribution in [0.5, 0.6) is 5.88 Å². The van der Waals surface area contributed by atoms with E-state index in [1.54, 1.807) is 19.4 Å². The molecule has 0 aromatic carbocycles. The molecular weight excluding hydrogens is 347 g/mol. The lowest BCUT2D eigenvalue weighted by Gasteiger charge is -2.43. The number of halogens is 2. The fourth-order valence-corrected chi connectivity index (χ4v) is 4.15. The predicted octanol–water partition coefficient (Wildman–Crippen LogP) is 4.68. The second-order valence-electron chi connectivity index (χ2n) is 7.85. The SMILES string of the molecule is COc1cc(N2CCC(O[Si](C)(C)C(C)(C)C)C(F)C2)c(Cl)cn1. The zero-order valence-corrected chi connectivity index (χ0v) is 17.2. The fourth-order valence-electron chi connectivity index (χ4n) is 2.55. The molecule has 1 aromatic heterocycles. The zero-order chi connectivity index (χ0) is 18.1. The van der Waals surface area contributed by atoms with Crippen LogP contribution in [0.3, 0.4) is 0 Å². The number of hydrogen-bond donors (Lipinski definition) is 0. The van der Waals surface area contributed by atoms with Gasteiger partial charge in [-0.3, -0.25) is 0 Å². The summed E-state index contributed by atoms with van der Waals surface area (Å²) in [6, 6.07) is 1.75. The summed E-state index contributed by atoms with van der Waals surface area (Å²) in [7, 11) is -0.423. The van der Waals surface area contributed by atoms with E-state index in [0.717, 1.165) is 5.69 Å². The van der Waals surface area contributed by atoms with Crippen LogP contribution in [0.1, 0.15) is 27.2 Å². The predicted molar refractivity (Wildman–Crippen MR) is 99.6 cm³/mol. The number of alkyl halides is 1.